The molecule has 1 unspecified atom stereocenters. The molecule has 1 aliphatic carbocycles. The van der Waals surface area contributed by atoms with Crippen LogP contribution in [0.2, 0.25) is 0 Å². The van der Waals surface area contributed by atoms with Crippen molar-refractivity contribution < 1.29 is 8.42 Å². The van der Waals surface area contributed by atoms with Crippen LogP contribution in [0.3, 0.4) is 0 Å². The Morgan fingerprint density at radius 1 is 1.33 bits per heavy atom. The molecule has 1 aliphatic rings. The number of nitrogens with two attached hydrogens (primary N) is 1. The van der Waals surface area contributed by atoms with Crippen LogP contribution in [0.5, 0.6) is 0 Å². The molecule has 1 aromatic heterocycles. The van der Waals surface area contributed by atoms with Gasteiger partial charge in [0.2, 0.25) is 10.0 Å². The fraction of sp³-hybridized carbons (Fsp3) is 0.467. The minimum atomic E-state index is -3.36. The maximum Gasteiger partial charge on any atom is 0.209 e. The van der Waals surface area contributed by atoms with Gasteiger partial charge in [-0.3, -0.25) is 0 Å². The molecule has 2 aromatic rings. The van der Waals surface area contributed by atoms with Gasteiger partial charge < -0.3 is 10.3 Å². The molecule has 0 fully saturated rings. The Labute approximate surface area is 125 Å². The van der Waals surface area contributed by atoms with Crippen LogP contribution in [0.4, 0.5) is 0 Å². The minimum absolute atomic E-state index is 0.0340. The molecule has 0 radical (unpaired) electrons. The van der Waals surface area contributed by atoms with Crippen molar-refractivity contribution in [1.82, 2.24) is 10.3 Å². The number of sulfonamides is 1. The minimum Gasteiger partial charge on any atom is -0.357 e. The molecule has 4 N–H and O–H groups in total. The number of nitrogens with one attached hydrogen (secondary N) is 2. The Kier molecular flexibility index (Phi) is 4.01. The number of aryl methyl sites for hydroxylation is 1. The normalized spacial score (nSPS) is 18.8. The molecule has 114 valence electrons. The highest BCUT2D eigenvalue weighted by atomic mass is 32.2. The number of H-pyrrole nitrogens is 1. The zero-order valence-corrected chi connectivity index (χ0v) is 12.7. The molecule has 5 nitrogen and oxygen atoms in total. The molecule has 3 rings (SSSR count). The maximum atomic E-state index is 10.9. The number of rotatable bonds is 5. The Morgan fingerprint density at radius 2 is 2.14 bits per heavy atom. The summed E-state index contributed by atoms with van der Waals surface area (Å²) in [6.45, 7) is 0.663. The number of hydrogen-bond donors (Lipinski definition) is 3. The van der Waals surface area contributed by atoms with Gasteiger partial charge in [0, 0.05) is 22.6 Å². The van der Waals surface area contributed by atoms with Gasteiger partial charge in [0.15, 0.2) is 0 Å². The van der Waals surface area contributed by atoms with E-state index >= 15 is 0 Å². The predicted molar refractivity (Wildman–Crippen MR) is 84.6 cm³/mol. The van der Waals surface area contributed by atoms with Gasteiger partial charge in [-0.15, -0.1) is 0 Å². The summed E-state index contributed by atoms with van der Waals surface area (Å²) in [6.07, 6.45) is 3.89. The number of fused-ring (bicyclic) bond motifs is 3. The molecule has 1 heterocycles. The summed E-state index contributed by atoms with van der Waals surface area (Å²) in [7, 11) is -3.36. The van der Waals surface area contributed by atoms with E-state index in [9.17, 15) is 8.42 Å². The Hall–Kier alpha value is -1.37. The second kappa shape index (κ2) is 5.79. The number of benzene rings is 1. The first-order chi connectivity index (χ1) is 10.0. The molecule has 0 amide bonds. The fourth-order valence-corrected chi connectivity index (χ4v) is 3.72. The summed E-state index contributed by atoms with van der Waals surface area (Å²) in [5, 5.41) is 9.79. The molecular formula is C15H21N3O2S. The first-order valence-corrected chi connectivity index (χ1v) is 9.09. The lowest BCUT2D eigenvalue weighted by Gasteiger charge is -2.23. The number of para-hydroxylation sites is 1. The van der Waals surface area contributed by atoms with Gasteiger partial charge >= 0.3 is 0 Å². The van der Waals surface area contributed by atoms with E-state index in [-0.39, 0.29) is 11.8 Å². The Bertz CT molecular complexity index is 736. The first-order valence-electron chi connectivity index (χ1n) is 7.38. The van der Waals surface area contributed by atoms with Gasteiger partial charge in [0.25, 0.3) is 0 Å². The molecule has 21 heavy (non-hydrogen) atoms. The number of aromatic nitrogens is 1. The van der Waals surface area contributed by atoms with E-state index in [0.29, 0.717) is 13.0 Å². The van der Waals surface area contributed by atoms with Crippen molar-refractivity contribution >= 4 is 20.9 Å². The van der Waals surface area contributed by atoms with Crippen LogP contribution in [-0.2, 0) is 16.4 Å². The van der Waals surface area contributed by atoms with Crippen LogP contribution in [0.15, 0.2) is 24.3 Å². The highest BCUT2D eigenvalue weighted by Crippen LogP contribution is 2.34. The van der Waals surface area contributed by atoms with Gasteiger partial charge in [0.1, 0.15) is 0 Å². The summed E-state index contributed by atoms with van der Waals surface area (Å²) < 4.78 is 21.9. The van der Waals surface area contributed by atoms with Crippen molar-refractivity contribution in [3.63, 3.8) is 0 Å². The third kappa shape index (κ3) is 3.28. The SMILES string of the molecule is NS(=O)(=O)CCCNC1CCCc2c1[nH]c1ccccc21. The summed E-state index contributed by atoms with van der Waals surface area (Å²) in [5.41, 5.74) is 3.85. The highest BCUT2D eigenvalue weighted by Gasteiger charge is 2.23. The van der Waals surface area contributed by atoms with E-state index in [1.165, 1.54) is 22.2 Å². The molecule has 0 aliphatic heterocycles. The molecule has 1 atom stereocenters. The van der Waals surface area contributed by atoms with Crippen molar-refractivity contribution in [1.29, 1.82) is 0 Å². The maximum absolute atomic E-state index is 10.9. The van der Waals surface area contributed by atoms with E-state index in [0.717, 1.165) is 19.3 Å². The Morgan fingerprint density at radius 3 is 2.95 bits per heavy atom. The third-order valence-corrected chi connectivity index (χ3v) is 4.97. The van der Waals surface area contributed by atoms with Gasteiger partial charge in [0.05, 0.1) is 5.75 Å². The number of aromatic amines is 1. The average molecular weight is 307 g/mol. The van der Waals surface area contributed by atoms with Gasteiger partial charge in [-0.05, 0) is 43.9 Å². The zero-order chi connectivity index (χ0) is 14.9. The van der Waals surface area contributed by atoms with Gasteiger partial charge in [-0.1, -0.05) is 18.2 Å². The quantitative estimate of drug-likeness (QED) is 0.736. The lowest BCUT2D eigenvalue weighted by Crippen LogP contribution is -2.28. The van der Waals surface area contributed by atoms with Crippen LogP contribution in [-0.4, -0.2) is 25.7 Å². The Balaban J connectivity index is 1.72. The molecule has 6 heteroatoms. The van der Waals surface area contributed by atoms with E-state index in [4.69, 9.17) is 5.14 Å². The molecule has 0 bridgehead atoms. The van der Waals surface area contributed by atoms with Crippen molar-refractivity contribution in [3.8, 4) is 0 Å². The first kappa shape index (κ1) is 14.6. The van der Waals surface area contributed by atoms with E-state index in [1.807, 2.05) is 6.07 Å². The van der Waals surface area contributed by atoms with Crippen LogP contribution < -0.4 is 10.5 Å². The summed E-state index contributed by atoms with van der Waals surface area (Å²) in [6, 6.07) is 8.65. The summed E-state index contributed by atoms with van der Waals surface area (Å²) in [4.78, 5) is 3.52. The van der Waals surface area contributed by atoms with E-state index < -0.39 is 10.0 Å². The standard InChI is InChI=1S/C15H21N3O2S/c16-21(19,20)10-4-9-17-14-8-3-6-12-11-5-1-2-7-13(11)18-15(12)14/h1-2,5,7,14,17-18H,3-4,6,8-10H2,(H2,16,19,20). The zero-order valence-electron chi connectivity index (χ0n) is 11.9. The lowest BCUT2D eigenvalue weighted by molar-refractivity contribution is 0.453. The molecular weight excluding hydrogens is 286 g/mol. The van der Waals surface area contributed by atoms with Crippen LogP contribution >= 0.6 is 0 Å². The smallest absolute Gasteiger partial charge is 0.209 e. The van der Waals surface area contributed by atoms with Crippen LogP contribution in [0.1, 0.15) is 36.6 Å². The van der Waals surface area contributed by atoms with Crippen LogP contribution in [0.25, 0.3) is 10.9 Å². The predicted octanol–water partition coefficient (Wildman–Crippen LogP) is 1.81. The highest BCUT2D eigenvalue weighted by molar-refractivity contribution is 7.89. The van der Waals surface area contributed by atoms with E-state index in [1.54, 1.807) is 0 Å². The molecule has 0 spiro atoms. The van der Waals surface area contributed by atoms with Crippen molar-refractivity contribution in [2.24, 2.45) is 5.14 Å². The molecule has 0 saturated carbocycles. The van der Waals surface area contributed by atoms with Gasteiger partial charge in [-0.25, -0.2) is 13.6 Å². The summed E-state index contributed by atoms with van der Waals surface area (Å²) >= 11 is 0. The topological polar surface area (TPSA) is 88.0 Å². The fourth-order valence-electron chi connectivity index (χ4n) is 3.17. The monoisotopic (exact) mass is 307 g/mol. The lowest BCUT2D eigenvalue weighted by atomic mass is 9.91. The number of hydrogen-bond acceptors (Lipinski definition) is 3. The summed E-state index contributed by atoms with van der Waals surface area (Å²) in [5.74, 6) is 0.0340. The second-order valence-corrected chi connectivity index (χ2v) is 7.42. The molecule has 1 aromatic carbocycles. The van der Waals surface area contributed by atoms with Crippen molar-refractivity contribution in [2.75, 3.05) is 12.3 Å². The van der Waals surface area contributed by atoms with Gasteiger partial charge in [-0.2, -0.15) is 0 Å². The van der Waals surface area contributed by atoms with Crippen LogP contribution in [0, 0.1) is 0 Å². The third-order valence-electron chi connectivity index (χ3n) is 4.11. The van der Waals surface area contributed by atoms with Crippen molar-refractivity contribution in [2.45, 2.75) is 31.7 Å². The second-order valence-electron chi connectivity index (χ2n) is 5.68. The number of primary sulfonamides is 1. The largest absolute Gasteiger partial charge is 0.357 e. The molecule has 0 saturated heterocycles. The van der Waals surface area contributed by atoms with E-state index in [2.05, 4.69) is 28.5 Å². The average Bonchev–Trinajstić information content (AvgIpc) is 2.82. The van der Waals surface area contributed by atoms with Crippen molar-refractivity contribution in [3.05, 3.63) is 35.5 Å².